The van der Waals surface area contributed by atoms with Crippen LogP contribution in [-0.4, -0.2) is 37.0 Å². The molecule has 1 aromatic carbocycles. The van der Waals surface area contributed by atoms with E-state index < -0.39 is 6.04 Å². The third kappa shape index (κ3) is 4.66. The van der Waals surface area contributed by atoms with Crippen LogP contribution in [0, 0.1) is 0 Å². The summed E-state index contributed by atoms with van der Waals surface area (Å²) >= 11 is 3.36. The molecule has 0 aliphatic heterocycles. The highest BCUT2D eigenvalue weighted by Crippen LogP contribution is 2.15. The Morgan fingerprint density at radius 2 is 2.06 bits per heavy atom. The van der Waals surface area contributed by atoms with E-state index in [1.807, 2.05) is 31.2 Å². The summed E-state index contributed by atoms with van der Waals surface area (Å²) in [6, 6.07) is 7.17. The maximum absolute atomic E-state index is 11.7. The Morgan fingerprint density at radius 3 is 2.61 bits per heavy atom. The molecular formula is C13H19BrN2O2. The quantitative estimate of drug-likeness (QED) is 0.874. The number of ether oxygens (including phenoxy) is 1. The normalized spacial score (nSPS) is 12.0. The van der Waals surface area contributed by atoms with Gasteiger partial charge in [0, 0.05) is 11.5 Å². The van der Waals surface area contributed by atoms with Crippen molar-refractivity contribution < 1.29 is 9.53 Å². The molecule has 2 N–H and O–H groups in total. The van der Waals surface area contributed by atoms with E-state index in [0.717, 1.165) is 10.2 Å². The van der Waals surface area contributed by atoms with Gasteiger partial charge in [0.2, 0.25) is 5.91 Å². The first-order valence-electron chi connectivity index (χ1n) is 5.93. The summed E-state index contributed by atoms with van der Waals surface area (Å²) in [4.78, 5) is 13.3. The molecule has 18 heavy (non-hydrogen) atoms. The zero-order valence-electron chi connectivity index (χ0n) is 10.7. The number of halogens is 1. The second-order valence-electron chi connectivity index (χ2n) is 4.08. The molecule has 0 fully saturated rings. The molecule has 1 atom stereocenters. The van der Waals surface area contributed by atoms with E-state index in [-0.39, 0.29) is 5.91 Å². The van der Waals surface area contributed by atoms with Gasteiger partial charge in [-0.25, -0.2) is 0 Å². The van der Waals surface area contributed by atoms with E-state index in [0.29, 0.717) is 19.6 Å². The van der Waals surface area contributed by atoms with Crippen molar-refractivity contribution in [3.05, 3.63) is 28.7 Å². The van der Waals surface area contributed by atoms with Crippen molar-refractivity contribution in [1.29, 1.82) is 0 Å². The molecule has 0 aromatic heterocycles. The predicted octanol–water partition coefficient (Wildman–Crippen LogP) is 2.02. The summed E-state index contributed by atoms with van der Waals surface area (Å²) in [5, 5.41) is 0. The number of amides is 1. The molecule has 1 amide bonds. The largest absolute Gasteiger partial charge is 0.492 e. The molecule has 0 radical (unpaired) electrons. The minimum atomic E-state index is -0.414. The molecule has 5 heteroatoms. The number of rotatable bonds is 6. The summed E-state index contributed by atoms with van der Waals surface area (Å²) in [5.74, 6) is 0.746. The van der Waals surface area contributed by atoms with Crippen LogP contribution in [0.5, 0.6) is 5.75 Å². The number of hydrogen-bond acceptors (Lipinski definition) is 3. The van der Waals surface area contributed by atoms with Crippen molar-refractivity contribution in [1.82, 2.24) is 4.90 Å². The van der Waals surface area contributed by atoms with Crippen LogP contribution in [0.15, 0.2) is 28.7 Å². The van der Waals surface area contributed by atoms with Crippen LogP contribution in [0.4, 0.5) is 0 Å². The van der Waals surface area contributed by atoms with Crippen molar-refractivity contribution in [2.75, 3.05) is 20.2 Å². The summed E-state index contributed by atoms with van der Waals surface area (Å²) in [6.45, 7) is 2.89. The van der Waals surface area contributed by atoms with Gasteiger partial charge in [0.1, 0.15) is 12.4 Å². The van der Waals surface area contributed by atoms with E-state index in [2.05, 4.69) is 15.9 Å². The predicted molar refractivity (Wildman–Crippen MR) is 75.5 cm³/mol. The van der Waals surface area contributed by atoms with Gasteiger partial charge < -0.3 is 15.4 Å². The van der Waals surface area contributed by atoms with Crippen molar-refractivity contribution in [2.45, 2.75) is 19.4 Å². The molecule has 1 rings (SSSR count). The van der Waals surface area contributed by atoms with Gasteiger partial charge >= 0.3 is 0 Å². The Morgan fingerprint density at radius 1 is 1.44 bits per heavy atom. The molecule has 100 valence electrons. The number of hydrogen-bond donors (Lipinski definition) is 1. The van der Waals surface area contributed by atoms with Crippen LogP contribution >= 0.6 is 15.9 Å². The van der Waals surface area contributed by atoms with Crippen LogP contribution in [-0.2, 0) is 4.79 Å². The van der Waals surface area contributed by atoms with Gasteiger partial charge in [-0.05, 0) is 30.7 Å². The highest BCUT2D eigenvalue weighted by molar-refractivity contribution is 9.10. The Hall–Kier alpha value is -1.07. The Kier molecular flexibility index (Phi) is 6.15. The smallest absolute Gasteiger partial charge is 0.239 e. The minimum Gasteiger partial charge on any atom is -0.492 e. The Balaban J connectivity index is 2.33. The summed E-state index contributed by atoms with van der Waals surface area (Å²) in [7, 11) is 1.74. The lowest BCUT2D eigenvalue weighted by molar-refractivity contribution is -0.131. The molecule has 0 aliphatic carbocycles. The second kappa shape index (κ2) is 7.38. The molecule has 0 bridgehead atoms. The molecule has 0 aliphatic rings. The lowest BCUT2D eigenvalue weighted by atomic mass is 10.2. The van der Waals surface area contributed by atoms with E-state index in [1.54, 1.807) is 11.9 Å². The average Bonchev–Trinajstić information content (AvgIpc) is 2.39. The highest BCUT2D eigenvalue weighted by Gasteiger charge is 2.15. The molecule has 4 nitrogen and oxygen atoms in total. The number of nitrogens with zero attached hydrogens (tertiary/aromatic N) is 1. The number of nitrogens with two attached hydrogens (primary N) is 1. The van der Waals surface area contributed by atoms with Gasteiger partial charge in [0.25, 0.3) is 0 Å². The molecule has 0 saturated heterocycles. The first kappa shape index (κ1) is 15.0. The van der Waals surface area contributed by atoms with E-state index in [4.69, 9.17) is 10.5 Å². The zero-order valence-corrected chi connectivity index (χ0v) is 12.3. The maximum atomic E-state index is 11.7. The molecule has 0 spiro atoms. The van der Waals surface area contributed by atoms with E-state index in [9.17, 15) is 4.79 Å². The Labute approximate surface area is 116 Å². The minimum absolute atomic E-state index is 0.0445. The van der Waals surface area contributed by atoms with Gasteiger partial charge in [-0.15, -0.1) is 0 Å². The summed E-state index contributed by atoms with van der Waals surface area (Å²) in [5.41, 5.74) is 5.68. The highest BCUT2D eigenvalue weighted by atomic mass is 79.9. The number of carbonyl (C=O) groups excluding carboxylic acids is 1. The molecule has 0 heterocycles. The molecular weight excluding hydrogens is 296 g/mol. The van der Waals surface area contributed by atoms with Crippen molar-refractivity contribution in [2.24, 2.45) is 5.73 Å². The lowest BCUT2D eigenvalue weighted by Crippen LogP contribution is -2.42. The molecule has 0 unspecified atom stereocenters. The van der Waals surface area contributed by atoms with Crippen LogP contribution in [0.25, 0.3) is 0 Å². The standard InChI is InChI=1S/C13H19BrN2O2/c1-3-12(15)13(17)16(2)8-9-18-11-6-4-10(14)5-7-11/h4-7,12H,3,8-9,15H2,1-2H3/t12-/m0/s1. The van der Waals surface area contributed by atoms with Gasteiger partial charge in [0.15, 0.2) is 0 Å². The van der Waals surface area contributed by atoms with Crippen LogP contribution in [0.2, 0.25) is 0 Å². The molecule has 0 saturated carbocycles. The monoisotopic (exact) mass is 314 g/mol. The van der Waals surface area contributed by atoms with Gasteiger partial charge in [0.05, 0.1) is 12.6 Å². The first-order valence-corrected chi connectivity index (χ1v) is 6.72. The number of likely N-dealkylation sites (N-methyl/N-ethyl adjacent to an activating group) is 1. The summed E-state index contributed by atoms with van der Waals surface area (Å²) < 4.78 is 6.55. The second-order valence-corrected chi connectivity index (χ2v) is 4.99. The van der Waals surface area contributed by atoms with Crippen LogP contribution < -0.4 is 10.5 Å². The first-order chi connectivity index (χ1) is 8.54. The van der Waals surface area contributed by atoms with Crippen LogP contribution in [0.3, 0.4) is 0 Å². The van der Waals surface area contributed by atoms with Crippen molar-refractivity contribution in [3.8, 4) is 5.75 Å². The van der Waals surface area contributed by atoms with Gasteiger partial charge in [-0.1, -0.05) is 22.9 Å². The lowest BCUT2D eigenvalue weighted by Gasteiger charge is -2.20. The summed E-state index contributed by atoms with van der Waals surface area (Å²) in [6.07, 6.45) is 0.650. The Bertz CT molecular complexity index is 381. The van der Waals surface area contributed by atoms with Gasteiger partial charge in [-0.2, -0.15) is 0 Å². The van der Waals surface area contributed by atoms with Crippen molar-refractivity contribution >= 4 is 21.8 Å². The van der Waals surface area contributed by atoms with Gasteiger partial charge in [-0.3, -0.25) is 4.79 Å². The third-order valence-corrected chi connectivity index (χ3v) is 3.17. The fourth-order valence-corrected chi connectivity index (χ4v) is 1.66. The SMILES string of the molecule is CC[C@H](N)C(=O)N(C)CCOc1ccc(Br)cc1. The number of carbonyl (C=O) groups is 1. The fourth-order valence-electron chi connectivity index (χ4n) is 1.40. The topological polar surface area (TPSA) is 55.6 Å². The van der Waals surface area contributed by atoms with E-state index in [1.165, 1.54) is 0 Å². The third-order valence-electron chi connectivity index (χ3n) is 2.64. The van der Waals surface area contributed by atoms with Crippen molar-refractivity contribution in [3.63, 3.8) is 0 Å². The fraction of sp³-hybridized carbons (Fsp3) is 0.462. The molecule has 1 aromatic rings. The zero-order chi connectivity index (χ0) is 13.5. The maximum Gasteiger partial charge on any atom is 0.239 e. The number of benzene rings is 1. The average molecular weight is 315 g/mol. The van der Waals surface area contributed by atoms with E-state index >= 15 is 0 Å². The van der Waals surface area contributed by atoms with Crippen LogP contribution in [0.1, 0.15) is 13.3 Å².